The van der Waals surface area contributed by atoms with Crippen molar-refractivity contribution in [2.24, 2.45) is 5.73 Å². The van der Waals surface area contributed by atoms with Crippen LogP contribution in [-0.2, 0) is 0 Å². The highest BCUT2D eigenvalue weighted by atomic mass is 19.1. The highest BCUT2D eigenvalue weighted by molar-refractivity contribution is 5.67. The zero-order valence-electron chi connectivity index (χ0n) is 12.2. The van der Waals surface area contributed by atoms with Gasteiger partial charge in [-0.15, -0.1) is 0 Å². The average molecular weight is 290 g/mol. The normalized spacial score (nSPS) is 10.5. The molecule has 0 aliphatic rings. The number of hydrogen-bond donors (Lipinski definition) is 1. The van der Waals surface area contributed by atoms with Crippen molar-refractivity contribution in [1.82, 2.24) is 9.97 Å². The van der Waals surface area contributed by atoms with E-state index in [9.17, 15) is 4.39 Å². The van der Waals surface area contributed by atoms with Gasteiger partial charge in [-0.05, 0) is 32.0 Å². The molecule has 1 aromatic carbocycles. The number of ether oxygens (including phenoxy) is 1. The van der Waals surface area contributed by atoms with Gasteiger partial charge < -0.3 is 15.4 Å². The summed E-state index contributed by atoms with van der Waals surface area (Å²) in [5.41, 5.74) is 6.65. The van der Waals surface area contributed by atoms with Gasteiger partial charge in [0, 0.05) is 6.54 Å². The maximum absolute atomic E-state index is 14.4. The van der Waals surface area contributed by atoms with E-state index in [0.29, 0.717) is 31.0 Å². The number of anilines is 2. The number of benzene rings is 1. The molecule has 21 heavy (non-hydrogen) atoms. The molecule has 1 aromatic heterocycles. The standard InChI is InChI=1S/C15H19FN4O/c1-11-14(16)15(19-10-18-11)20(9-5-8-17)12-6-3-4-7-13(12)21-2/h3-4,6-7,10H,5,8-9,17H2,1-2H3. The summed E-state index contributed by atoms with van der Waals surface area (Å²) in [6.07, 6.45) is 2.07. The topological polar surface area (TPSA) is 64.3 Å². The number of para-hydroxylation sites is 2. The van der Waals surface area contributed by atoms with E-state index in [2.05, 4.69) is 9.97 Å². The van der Waals surface area contributed by atoms with Gasteiger partial charge in [0.2, 0.25) is 0 Å². The molecule has 0 saturated heterocycles. The molecule has 0 aliphatic heterocycles. The van der Waals surface area contributed by atoms with E-state index in [1.165, 1.54) is 6.33 Å². The van der Waals surface area contributed by atoms with Crippen LogP contribution in [0.5, 0.6) is 5.75 Å². The van der Waals surface area contributed by atoms with E-state index < -0.39 is 5.82 Å². The lowest BCUT2D eigenvalue weighted by molar-refractivity contribution is 0.415. The first-order valence-electron chi connectivity index (χ1n) is 6.76. The molecular weight excluding hydrogens is 271 g/mol. The molecule has 2 N–H and O–H groups in total. The van der Waals surface area contributed by atoms with Gasteiger partial charge in [0.05, 0.1) is 18.5 Å². The zero-order valence-corrected chi connectivity index (χ0v) is 12.2. The minimum absolute atomic E-state index is 0.237. The van der Waals surface area contributed by atoms with Crippen molar-refractivity contribution in [3.8, 4) is 5.75 Å². The van der Waals surface area contributed by atoms with Gasteiger partial charge in [-0.3, -0.25) is 0 Å². The second kappa shape index (κ2) is 6.99. The number of nitrogens with zero attached hydrogens (tertiary/aromatic N) is 3. The first-order chi connectivity index (χ1) is 10.2. The lowest BCUT2D eigenvalue weighted by Crippen LogP contribution is -2.24. The van der Waals surface area contributed by atoms with Crippen LogP contribution in [-0.4, -0.2) is 30.2 Å². The fourth-order valence-electron chi connectivity index (χ4n) is 2.08. The van der Waals surface area contributed by atoms with E-state index in [0.717, 1.165) is 5.69 Å². The first-order valence-corrected chi connectivity index (χ1v) is 6.76. The Kier molecular flexibility index (Phi) is 5.05. The second-order valence-corrected chi connectivity index (χ2v) is 4.56. The van der Waals surface area contributed by atoms with Gasteiger partial charge >= 0.3 is 0 Å². The summed E-state index contributed by atoms with van der Waals surface area (Å²) in [4.78, 5) is 9.73. The largest absolute Gasteiger partial charge is 0.495 e. The molecule has 2 rings (SSSR count). The van der Waals surface area contributed by atoms with Crippen LogP contribution >= 0.6 is 0 Å². The molecule has 0 atom stereocenters. The van der Waals surface area contributed by atoms with E-state index in [1.807, 2.05) is 24.3 Å². The molecule has 0 saturated carbocycles. The minimum atomic E-state index is -0.430. The summed E-state index contributed by atoms with van der Waals surface area (Å²) in [5, 5.41) is 0. The van der Waals surface area contributed by atoms with Crippen molar-refractivity contribution >= 4 is 11.5 Å². The summed E-state index contributed by atoms with van der Waals surface area (Å²) in [7, 11) is 1.58. The molecule has 6 heteroatoms. The van der Waals surface area contributed by atoms with Crippen molar-refractivity contribution < 1.29 is 9.13 Å². The molecule has 2 aromatic rings. The van der Waals surface area contributed by atoms with Crippen molar-refractivity contribution in [2.75, 3.05) is 25.1 Å². The fraction of sp³-hybridized carbons (Fsp3) is 0.333. The third-order valence-electron chi connectivity index (χ3n) is 3.16. The monoisotopic (exact) mass is 290 g/mol. The van der Waals surface area contributed by atoms with Crippen molar-refractivity contribution in [2.45, 2.75) is 13.3 Å². The van der Waals surface area contributed by atoms with E-state index >= 15 is 0 Å². The van der Waals surface area contributed by atoms with E-state index in [4.69, 9.17) is 10.5 Å². The summed E-state index contributed by atoms with van der Waals surface area (Å²) >= 11 is 0. The molecule has 0 unspecified atom stereocenters. The molecule has 0 fully saturated rings. The average Bonchev–Trinajstić information content (AvgIpc) is 2.52. The molecule has 0 amide bonds. The van der Waals surface area contributed by atoms with Gasteiger partial charge in [-0.25, -0.2) is 14.4 Å². The van der Waals surface area contributed by atoms with Gasteiger partial charge in [-0.2, -0.15) is 0 Å². The molecular formula is C15H19FN4O. The molecule has 0 spiro atoms. The second-order valence-electron chi connectivity index (χ2n) is 4.56. The zero-order chi connectivity index (χ0) is 15.2. The Morgan fingerprint density at radius 3 is 2.76 bits per heavy atom. The SMILES string of the molecule is COc1ccccc1N(CCCN)c1ncnc(C)c1F. The number of rotatable bonds is 6. The molecule has 0 aliphatic carbocycles. The number of methoxy groups -OCH3 is 1. The van der Waals surface area contributed by atoms with Gasteiger partial charge in [-0.1, -0.05) is 12.1 Å². The Morgan fingerprint density at radius 2 is 2.05 bits per heavy atom. The smallest absolute Gasteiger partial charge is 0.187 e. The molecule has 0 bridgehead atoms. The Hall–Kier alpha value is -2.21. The van der Waals surface area contributed by atoms with Crippen LogP contribution in [0.25, 0.3) is 0 Å². The number of halogens is 1. The quantitative estimate of drug-likeness (QED) is 0.885. The summed E-state index contributed by atoms with van der Waals surface area (Å²) in [6.45, 7) is 2.67. The van der Waals surface area contributed by atoms with Crippen molar-refractivity contribution in [3.63, 3.8) is 0 Å². The van der Waals surface area contributed by atoms with Crippen LogP contribution in [0.1, 0.15) is 12.1 Å². The van der Waals surface area contributed by atoms with Crippen LogP contribution < -0.4 is 15.4 Å². The van der Waals surface area contributed by atoms with Crippen LogP contribution in [0.15, 0.2) is 30.6 Å². The maximum Gasteiger partial charge on any atom is 0.187 e. The highest BCUT2D eigenvalue weighted by Gasteiger charge is 2.19. The van der Waals surface area contributed by atoms with Gasteiger partial charge in [0.1, 0.15) is 12.1 Å². The maximum atomic E-state index is 14.4. The first kappa shape index (κ1) is 15.2. The highest BCUT2D eigenvalue weighted by Crippen LogP contribution is 2.34. The Bertz CT molecular complexity index is 606. The summed E-state index contributed by atoms with van der Waals surface area (Å²) in [5.74, 6) is 0.464. The van der Waals surface area contributed by atoms with Crippen molar-refractivity contribution in [3.05, 3.63) is 42.1 Å². The Labute approximate surface area is 123 Å². The molecule has 1 heterocycles. The number of aryl methyl sites for hydroxylation is 1. The molecule has 0 radical (unpaired) electrons. The van der Waals surface area contributed by atoms with Crippen molar-refractivity contribution in [1.29, 1.82) is 0 Å². The molecule has 112 valence electrons. The Morgan fingerprint density at radius 1 is 1.29 bits per heavy atom. The lowest BCUT2D eigenvalue weighted by Gasteiger charge is -2.25. The van der Waals surface area contributed by atoms with Crippen LogP contribution in [0.3, 0.4) is 0 Å². The lowest BCUT2D eigenvalue weighted by atomic mass is 10.2. The number of aromatic nitrogens is 2. The van der Waals surface area contributed by atoms with Crippen LogP contribution in [0, 0.1) is 12.7 Å². The van der Waals surface area contributed by atoms with E-state index in [1.54, 1.807) is 18.9 Å². The summed E-state index contributed by atoms with van der Waals surface area (Å²) < 4.78 is 19.7. The van der Waals surface area contributed by atoms with Crippen LogP contribution in [0.2, 0.25) is 0 Å². The third kappa shape index (κ3) is 3.28. The van der Waals surface area contributed by atoms with E-state index in [-0.39, 0.29) is 5.82 Å². The molecule has 5 nitrogen and oxygen atoms in total. The van der Waals surface area contributed by atoms with Crippen LogP contribution in [0.4, 0.5) is 15.9 Å². The number of nitrogens with two attached hydrogens (primary N) is 1. The predicted octanol–water partition coefficient (Wildman–Crippen LogP) is 2.42. The number of hydrogen-bond acceptors (Lipinski definition) is 5. The van der Waals surface area contributed by atoms with Gasteiger partial charge in [0.25, 0.3) is 0 Å². The third-order valence-corrected chi connectivity index (χ3v) is 3.16. The Balaban J connectivity index is 2.50. The predicted molar refractivity (Wildman–Crippen MR) is 80.4 cm³/mol. The minimum Gasteiger partial charge on any atom is -0.495 e. The fourth-order valence-corrected chi connectivity index (χ4v) is 2.08. The van der Waals surface area contributed by atoms with Gasteiger partial charge in [0.15, 0.2) is 11.6 Å². The summed E-state index contributed by atoms with van der Waals surface area (Å²) in [6, 6.07) is 7.44.